The number of halogens is 1. The highest BCUT2D eigenvalue weighted by atomic mass is 79.9. The van der Waals surface area contributed by atoms with Crippen molar-refractivity contribution in [1.29, 1.82) is 0 Å². The molecule has 0 fully saturated rings. The number of benzene rings is 1. The Balaban J connectivity index is 3.08. The number of alkyl halides is 1. The minimum atomic E-state index is -3.33. The number of hydrogen-bond donors (Lipinski definition) is 0. The lowest BCUT2D eigenvalue weighted by molar-refractivity contribution is 0.0961. The third-order valence-electron chi connectivity index (χ3n) is 2.35. The fourth-order valence-electron chi connectivity index (χ4n) is 1.41. The fourth-order valence-corrected chi connectivity index (χ4v) is 2.69. The van der Waals surface area contributed by atoms with Crippen molar-refractivity contribution in [3.63, 3.8) is 0 Å². The monoisotopic (exact) mass is 330 g/mol. The SMILES string of the molecule is C=CCS(=O)(=O)c1ccc(C(=O)C(C)(C)Br)cc1. The van der Waals surface area contributed by atoms with Gasteiger partial charge in [-0.05, 0) is 26.0 Å². The van der Waals surface area contributed by atoms with Gasteiger partial charge in [0.1, 0.15) is 0 Å². The van der Waals surface area contributed by atoms with E-state index in [1.807, 2.05) is 0 Å². The van der Waals surface area contributed by atoms with E-state index in [0.29, 0.717) is 5.56 Å². The Morgan fingerprint density at radius 2 is 1.83 bits per heavy atom. The average molecular weight is 331 g/mol. The number of rotatable bonds is 5. The summed E-state index contributed by atoms with van der Waals surface area (Å²) in [5.41, 5.74) is 0.481. The summed E-state index contributed by atoms with van der Waals surface area (Å²) in [6, 6.07) is 5.96. The minimum Gasteiger partial charge on any atom is -0.293 e. The minimum absolute atomic E-state index is 0.0878. The molecule has 0 spiro atoms. The van der Waals surface area contributed by atoms with Crippen LogP contribution in [0.25, 0.3) is 0 Å². The van der Waals surface area contributed by atoms with Gasteiger partial charge < -0.3 is 0 Å². The summed E-state index contributed by atoms with van der Waals surface area (Å²) in [7, 11) is -3.33. The van der Waals surface area contributed by atoms with Gasteiger partial charge in [0.15, 0.2) is 15.6 Å². The summed E-state index contributed by atoms with van der Waals surface area (Å²) in [5.74, 6) is -0.195. The van der Waals surface area contributed by atoms with Gasteiger partial charge in [0.2, 0.25) is 0 Å². The van der Waals surface area contributed by atoms with E-state index < -0.39 is 14.2 Å². The van der Waals surface area contributed by atoms with Gasteiger partial charge in [-0.2, -0.15) is 0 Å². The van der Waals surface area contributed by atoms with Crippen molar-refractivity contribution < 1.29 is 13.2 Å². The summed E-state index contributed by atoms with van der Waals surface area (Å²) in [5, 5.41) is 0. The van der Waals surface area contributed by atoms with E-state index in [1.54, 1.807) is 13.8 Å². The van der Waals surface area contributed by atoms with Gasteiger partial charge in [0.25, 0.3) is 0 Å². The summed E-state index contributed by atoms with van der Waals surface area (Å²) < 4.78 is 22.8. The third kappa shape index (κ3) is 3.53. The van der Waals surface area contributed by atoms with Gasteiger partial charge in [-0.25, -0.2) is 8.42 Å². The molecule has 98 valence electrons. The standard InChI is InChI=1S/C13H15BrO3S/c1-4-9-18(16,17)11-7-5-10(6-8-11)12(15)13(2,3)14/h4-8H,1,9H2,2-3H3. The van der Waals surface area contributed by atoms with E-state index in [2.05, 4.69) is 22.5 Å². The maximum atomic E-state index is 11.9. The first-order valence-electron chi connectivity index (χ1n) is 5.36. The van der Waals surface area contributed by atoms with Crippen LogP contribution in [0.4, 0.5) is 0 Å². The molecular formula is C13H15BrO3S. The second kappa shape index (κ2) is 5.36. The molecule has 0 amide bonds. The van der Waals surface area contributed by atoms with E-state index in [0.717, 1.165) is 0 Å². The van der Waals surface area contributed by atoms with Gasteiger partial charge in [-0.15, -0.1) is 6.58 Å². The van der Waals surface area contributed by atoms with Gasteiger partial charge in [0, 0.05) is 5.56 Å². The molecule has 0 N–H and O–H groups in total. The van der Waals surface area contributed by atoms with Crippen molar-refractivity contribution >= 4 is 31.6 Å². The molecule has 0 aromatic heterocycles. The molecular weight excluding hydrogens is 316 g/mol. The smallest absolute Gasteiger partial charge is 0.181 e. The Bertz CT molecular complexity index is 551. The summed E-state index contributed by atoms with van der Waals surface area (Å²) in [6.07, 6.45) is 1.34. The number of carbonyl (C=O) groups is 1. The van der Waals surface area contributed by atoms with E-state index in [-0.39, 0.29) is 16.4 Å². The molecule has 0 atom stereocenters. The molecule has 0 aliphatic rings. The van der Waals surface area contributed by atoms with Crippen LogP contribution in [0.3, 0.4) is 0 Å². The molecule has 0 aliphatic carbocycles. The predicted molar refractivity (Wildman–Crippen MR) is 76.0 cm³/mol. The van der Waals surface area contributed by atoms with E-state index >= 15 is 0 Å². The highest BCUT2D eigenvalue weighted by molar-refractivity contribution is 9.10. The molecule has 0 bridgehead atoms. The molecule has 1 aromatic rings. The van der Waals surface area contributed by atoms with Crippen molar-refractivity contribution in [1.82, 2.24) is 0 Å². The molecule has 1 rings (SSSR count). The zero-order valence-corrected chi connectivity index (χ0v) is 12.7. The van der Waals surface area contributed by atoms with Crippen LogP contribution in [0, 0.1) is 0 Å². The molecule has 18 heavy (non-hydrogen) atoms. The maximum Gasteiger partial charge on any atom is 0.181 e. The Labute approximate surface area is 116 Å². The number of hydrogen-bond acceptors (Lipinski definition) is 3. The quantitative estimate of drug-likeness (QED) is 0.473. The normalized spacial score (nSPS) is 12.2. The largest absolute Gasteiger partial charge is 0.293 e. The second-order valence-electron chi connectivity index (χ2n) is 4.40. The first kappa shape index (κ1) is 15.1. The number of Topliss-reactive ketones (excluding diaryl/α,β-unsaturated/α-hetero) is 1. The highest BCUT2D eigenvalue weighted by Crippen LogP contribution is 2.23. The van der Waals surface area contributed by atoms with E-state index in [9.17, 15) is 13.2 Å². The molecule has 5 heteroatoms. The van der Waals surface area contributed by atoms with Crippen molar-refractivity contribution in [2.45, 2.75) is 23.1 Å². The van der Waals surface area contributed by atoms with Crippen LogP contribution >= 0.6 is 15.9 Å². The molecule has 1 aromatic carbocycles. The highest BCUT2D eigenvalue weighted by Gasteiger charge is 2.25. The fraction of sp³-hybridized carbons (Fsp3) is 0.308. The molecule has 0 saturated heterocycles. The molecule has 0 unspecified atom stereocenters. The zero-order chi connectivity index (χ0) is 14.0. The van der Waals surface area contributed by atoms with Crippen LogP contribution in [0.5, 0.6) is 0 Å². The van der Waals surface area contributed by atoms with Gasteiger partial charge >= 0.3 is 0 Å². The van der Waals surface area contributed by atoms with Crippen molar-refractivity contribution in [2.24, 2.45) is 0 Å². The number of carbonyl (C=O) groups excluding carboxylic acids is 1. The van der Waals surface area contributed by atoms with Gasteiger partial charge in [-0.1, -0.05) is 34.1 Å². The molecule has 3 nitrogen and oxygen atoms in total. The lowest BCUT2D eigenvalue weighted by Crippen LogP contribution is -2.24. The number of sulfone groups is 1. The van der Waals surface area contributed by atoms with Crippen molar-refractivity contribution in [3.05, 3.63) is 42.5 Å². The van der Waals surface area contributed by atoms with Crippen LogP contribution < -0.4 is 0 Å². The second-order valence-corrected chi connectivity index (χ2v) is 8.41. The van der Waals surface area contributed by atoms with Crippen LogP contribution in [-0.4, -0.2) is 24.3 Å². The maximum absolute atomic E-state index is 11.9. The van der Waals surface area contributed by atoms with Crippen LogP contribution in [0.1, 0.15) is 24.2 Å². The van der Waals surface area contributed by atoms with Crippen LogP contribution in [-0.2, 0) is 9.84 Å². The predicted octanol–water partition coefficient (Wildman–Crippen LogP) is 3.00. The Hall–Kier alpha value is -0.940. The summed E-state index contributed by atoms with van der Waals surface area (Å²) >= 11 is 3.28. The van der Waals surface area contributed by atoms with E-state index in [1.165, 1.54) is 30.3 Å². The third-order valence-corrected chi connectivity index (χ3v) is 4.38. The molecule has 0 heterocycles. The van der Waals surface area contributed by atoms with Crippen LogP contribution in [0.2, 0.25) is 0 Å². The topological polar surface area (TPSA) is 51.2 Å². The lowest BCUT2D eigenvalue weighted by Gasteiger charge is -2.14. The first-order chi connectivity index (χ1) is 8.18. The molecule has 0 radical (unpaired) electrons. The summed E-state index contributed by atoms with van der Waals surface area (Å²) in [6.45, 7) is 6.91. The van der Waals surface area contributed by atoms with Crippen molar-refractivity contribution in [3.8, 4) is 0 Å². The average Bonchev–Trinajstić information content (AvgIpc) is 2.27. The Morgan fingerprint density at radius 1 is 1.33 bits per heavy atom. The lowest BCUT2D eigenvalue weighted by atomic mass is 10.0. The van der Waals surface area contributed by atoms with E-state index in [4.69, 9.17) is 0 Å². The Morgan fingerprint density at radius 3 is 2.22 bits per heavy atom. The van der Waals surface area contributed by atoms with Gasteiger partial charge in [-0.3, -0.25) is 4.79 Å². The first-order valence-corrected chi connectivity index (χ1v) is 7.80. The van der Waals surface area contributed by atoms with Crippen LogP contribution in [0.15, 0.2) is 41.8 Å². The molecule has 0 saturated carbocycles. The Kier molecular flexibility index (Phi) is 4.50. The van der Waals surface area contributed by atoms with Crippen molar-refractivity contribution in [2.75, 3.05) is 5.75 Å². The zero-order valence-electron chi connectivity index (χ0n) is 10.3. The van der Waals surface area contributed by atoms with Gasteiger partial charge in [0.05, 0.1) is 15.0 Å². The summed E-state index contributed by atoms with van der Waals surface area (Å²) in [4.78, 5) is 12.1. The molecule has 0 aliphatic heterocycles. The number of ketones is 1.